The lowest BCUT2D eigenvalue weighted by Gasteiger charge is -2.28. The van der Waals surface area contributed by atoms with Crippen LogP contribution in [0.4, 0.5) is 5.69 Å². The van der Waals surface area contributed by atoms with E-state index in [2.05, 4.69) is 5.32 Å². The minimum Gasteiger partial charge on any atom is -0.468 e. The molecule has 27 heavy (non-hydrogen) atoms. The molecule has 7 heteroatoms. The Labute approximate surface area is 157 Å². The number of hydrogen-bond donors (Lipinski definition) is 3. The molecule has 0 fully saturated rings. The predicted octanol–water partition coefficient (Wildman–Crippen LogP) is 1.75. The highest BCUT2D eigenvalue weighted by molar-refractivity contribution is 6.05. The average Bonchev–Trinajstić information content (AvgIpc) is 2.67. The highest BCUT2D eigenvalue weighted by Gasteiger charge is 2.19. The lowest BCUT2D eigenvalue weighted by atomic mass is 9.99. The molecule has 4 N–H and O–H groups in total. The number of esters is 1. The molecule has 0 saturated carbocycles. The number of amides is 1. The summed E-state index contributed by atoms with van der Waals surface area (Å²) in [6, 6.07) is 12.4. The molecule has 7 nitrogen and oxygen atoms in total. The van der Waals surface area contributed by atoms with Crippen molar-refractivity contribution in [3.05, 3.63) is 64.7 Å². The zero-order chi connectivity index (χ0) is 19.4. The van der Waals surface area contributed by atoms with Gasteiger partial charge in [0, 0.05) is 29.9 Å². The summed E-state index contributed by atoms with van der Waals surface area (Å²) in [5.41, 5.74) is 9.51. The number of nitrogens with zero attached hydrogens (tertiary/aromatic N) is 1. The number of fused-ring (bicyclic) bond motifs is 1. The fourth-order valence-corrected chi connectivity index (χ4v) is 3.08. The molecule has 0 saturated heterocycles. The van der Waals surface area contributed by atoms with Crippen molar-refractivity contribution in [3.63, 3.8) is 0 Å². The van der Waals surface area contributed by atoms with E-state index in [0.29, 0.717) is 23.4 Å². The highest BCUT2D eigenvalue weighted by Crippen LogP contribution is 2.23. The first-order valence-corrected chi connectivity index (χ1v) is 8.63. The largest absolute Gasteiger partial charge is 0.468 e. The molecule has 1 aliphatic heterocycles. The SMILES string of the molecule is COC(=O)CN1CCc2ccc(NC(=O)c3ccc(C(=N)N)cc3)cc2C1. The van der Waals surface area contributed by atoms with Crippen molar-refractivity contribution in [2.75, 3.05) is 25.5 Å². The summed E-state index contributed by atoms with van der Waals surface area (Å²) in [4.78, 5) is 26.0. The number of nitrogens with two attached hydrogens (primary N) is 1. The molecule has 0 bridgehead atoms. The van der Waals surface area contributed by atoms with E-state index in [9.17, 15) is 9.59 Å². The van der Waals surface area contributed by atoms with Crippen LogP contribution >= 0.6 is 0 Å². The minimum atomic E-state index is -0.253. The molecule has 0 aromatic heterocycles. The molecule has 3 rings (SSSR count). The van der Waals surface area contributed by atoms with E-state index in [1.807, 2.05) is 23.1 Å². The van der Waals surface area contributed by atoms with Crippen LogP contribution < -0.4 is 11.1 Å². The number of nitrogens with one attached hydrogen (secondary N) is 2. The van der Waals surface area contributed by atoms with E-state index < -0.39 is 0 Å². The van der Waals surface area contributed by atoms with Gasteiger partial charge >= 0.3 is 5.97 Å². The fraction of sp³-hybridized carbons (Fsp3) is 0.250. The van der Waals surface area contributed by atoms with Crippen LogP contribution in [0, 0.1) is 5.41 Å². The van der Waals surface area contributed by atoms with Crippen molar-refractivity contribution < 1.29 is 14.3 Å². The zero-order valence-corrected chi connectivity index (χ0v) is 15.1. The number of carbonyl (C=O) groups is 2. The second-order valence-corrected chi connectivity index (χ2v) is 6.47. The Morgan fingerprint density at radius 3 is 2.52 bits per heavy atom. The Bertz CT molecular complexity index is 877. The smallest absolute Gasteiger partial charge is 0.319 e. The van der Waals surface area contributed by atoms with Gasteiger partial charge in [0.25, 0.3) is 5.91 Å². The predicted molar refractivity (Wildman–Crippen MR) is 103 cm³/mol. The molecular formula is C20H22N4O3. The number of methoxy groups -OCH3 is 1. The number of ether oxygens (including phenoxy) is 1. The second-order valence-electron chi connectivity index (χ2n) is 6.47. The number of nitrogen functional groups attached to an aromatic ring is 1. The van der Waals surface area contributed by atoms with Crippen LogP contribution in [0.3, 0.4) is 0 Å². The number of hydrogen-bond acceptors (Lipinski definition) is 5. The molecule has 0 radical (unpaired) electrons. The lowest BCUT2D eigenvalue weighted by molar-refractivity contribution is -0.142. The number of anilines is 1. The van der Waals surface area contributed by atoms with Gasteiger partial charge in [0.1, 0.15) is 5.84 Å². The van der Waals surface area contributed by atoms with Crippen LogP contribution in [-0.4, -0.2) is 42.8 Å². The molecule has 140 valence electrons. The van der Waals surface area contributed by atoms with Crippen molar-refractivity contribution >= 4 is 23.4 Å². The topological polar surface area (TPSA) is 109 Å². The summed E-state index contributed by atoms with van der Waals surface area (Å²) < 4.78 is 4.73. The normalized spacial score (nSPS) is 13.5. The van der Waals surface area contributed by atoms with Crippen LogP contribution in [0.1, 0.15) is 27.0 Å². The molecule has 2 aromatic rings. The van der Waals surface area contributed by atoms with E-state index in [4.69, 9.17) is 15.9 Å². The first-order chi connectivity index (χ1) is 13.0. The molecular weight excluding hydrogens is 344 g/mol. The number of amidine groups is 1. The molecule has 1 aliphatic rings. The standard InChI is InChI=1S/C20H22N4O3/c1-27-18(25)12-24-9-8-13-6-7-17(10-16(13)11-24)23-20(26)15-4-2-14(3-5-15)19(21)22/h2-7,10H,8-9,11-12H2,1H3,(H3,21,22)(H,23,26). The van der Waals surface area contributed by atoms with Gasteiger partial charge < -0.3 is 15.8 Å². The van der Waals surface area contributed by atoms with E-state index in [1.54, 1.807) is 24.3 Å². The summed E-state index contributed by atoms with van der Waals surface area (Å²) >= 11 is 0. The summed E-state index contributed by atoms with van der Waals surface area (Å²) in [7, 11) is 1.39. The van der Waals surface area contributed by atoms with E-state index >= 15 is 0 Å². The van der Waals surface area contributed by atoms with Gasteiger partial charge in [-0.25, -0.2) is 0 Å². The van der Waals surface area contributed by atoms with Gasteiger partial charge in [-0.15, -0.1) is 0 Å². The quantitative estimate of drug-likeness (QED) is 0.424. The van der Waals surface area contributed by atoms with Crippen molar-refractivity contribution in [1.29, 1.82) is 5.41 Å². The van der Waals surface area contributed by atoms with Gasteiger partial charge in [0.2, 0.25) is 0 Å². The van der Waals surface area contributed by atoms with Crippen LogP contribution in [0.25, 0.3) is 0 Å². The Hall–Kier alpha value is -3.19. The third-order valence-electron chi connectivity index (χ3n) is 4.59. The average molecular weight is 366 g/mol. The first-order valence-electron chi connectivity index (χ1n) is 8.63. The first kappa shape index (κ1) is 18.6. The molecule has 0 atom stereocenters. The van der Waals surface area contributed by atoms with E-state index in [0.717, 1.165) is 18.5 Å². The van der Waals surface area contributed by atoms with Gasteiger partial charge in [-0.1, -0.05) is 18.2 Å². The summed E-state index contributed by atoms with van der Waals surface area (Å²) in [5, 5.41) is 10.3. The van der Waals surface area contributed by atoms with Gasteiger partial charge in [0.05, 0.1) is 13.7 Å². The maximum atomic E-state index is 12.4. The van der Waals surface area contributed by atoms with Gasteiger partial charge in [0.15, 0.2) is 0 Å². The zero-order valence-electron chi connectivity index (χ0n) is 15.1. The van der Waals surface area contributed by atoms with Gasteiger partial charge in [-0.2, -0.15) is 0 Å². The third-order valence-corrected chi connectivity index (χ3v) is 4.59. The van der Waals surface area contributed by atoms with E-state index in [-0.39, 0.29) is 24.3 Å². The van der Waals surface area contributed by atoms with Crippen molar-refractivity contribution in [2.24, 2.45) is 5.73 Å². The van der Waals surface area contributed by atoms with E-state index in [1.165, 1.54) is 12.7 Å². The Morgan fingerprint density at radius 2 is 1.85 bits per heavy atom. The molecule has 1 heterocycles. The maximum Gasteiger partial charge on any atom is 0.319 e. The highest BCUT2D eigenvalue weighted by atomic mass is 16.5. The van der Waals surface area contributed by atoms with Crippen LogP contribution in [0.15, 0.2) is 42.5 Å². The molecule has 0 unspecified atom stereocenters. The monoisotopic (exact) mass is 366 g/mol. The maximum absolute atomic E-state index is 12.4. The number of benzene rings is 2. The fourth-order valence-electron chi connectivity index (χ4n) is 3.08. The Balaban J connectivity index is 1.69. The number of carbonyl (C=O) groups excluding carboxylic acids is 2. The van der Waals surface area contributed by atoms with Crippen molar-refractivity contribution in [2.45, 2.75) is 13.0 Å². The third kappa shape index (κ3) is 4.51. The molecule has 1 amide bonds. The van der Waals surface area contributed by atoms with Crippen molar-refractivity contribution in [3.8, 4) is 0 Å². The van der Waals surface area contributed by atoms with Gasteiger partial charge in [-0.05, 0) is 41.8 Å². The molecule has 2 aromatic carbocycles. The molecule has 0 spiro atoms. The van der Waals surface area contributed by atoms with Crippen LogP contribution in [0.5, 0.6) is 0 Å². The van der Waals surface area contributed by atoms with Crippen LogP contribution in [0.2, 0.25) is 0 Å². The minimum absolute atomic E-state index is 0.0341. The number of rotatable bonds is 5. The second kappa shape index (κ2) is 8.01. The summed E-state index contributed by atoms with van der Waals surface area (Å²) in [6.45, 7) is 1.70. The van der Waals surface area contributed by atoms with Crippen LogP contribution in [-0.2, 0) is 22.5 Å². The summed E-state index contributed by atoms with van der Waals surface area (Å²) in [6.07, 6.45) is 0.854. The summed E-state index contributed by atoms with van der Waals surface area (Å²) in [5.74, 6) is -0.516. The Kier molecular flexibility index (Phi) is 5.52. The van der Waals surface area contributed by atoms with Crippen molar-refractivity contribution in [1.82, 2.24) is 4.90 Å². The molecule has 0 aliphatic carbocycles. The Morgan fingerprint density at radius 1 is 1.15 bits per heavy atom. The van der Waals surface area contributed by atoms with Gasteiger partial charge in [-0.3, -0.25) is 19.9 Å². The lowest BCUT2D eigenvalue weighted by Crippen LogP contribution is -2.35.